The summed E-state index contributed by atoms with van der Waals surface area (Å²) >= 11 is 0. The summed E-state index contributed by atoms with van der Waals surface area (Å²) in [5.41, 5.74) is 16.5. The number of rotatable bonds is 7. The average Bonchev–Trinajstić information content (AvgIpc) is 4.03. The highest BCUT2D eigenvalue weighted by molar-refractivity contribution is 6.11. The molecule has 0 aliphatic carbocycles. The van der Waals surface area contributed by atoms with Gasteiger partial charge in [0, 0.05) is 56.9 Å². The number of pyridine rings is 1. The first kappa shape index (κ1) is 45.1. The first-order chi connectivity index (χ1) is 34.6. The van der Waals surface area contributed by atoms with Gasteiger partial charge in [0.15, 0.2) is 0 Å². The summed E-state index contributed by atoms with van der Waals surface area (Å²) in [6, 6.07) is 68.4. The number of para-hydroxylation sites is 4. The number of aromatic nitrogens is 3. The van der Waals surface area contributed by atoms with Crippen molar-refractivity contribution in [3.8, 4) is 34.1 Å². The molecule has 0 N–H and O–H groups in total. The molecule has 0 radical (unpaired) electrons. The Hall–Kier alpha value is -8.09. The van der Waals surface area contributed by atoms with Gasteiger partial charge in [-0.1, -0.05) is 141 Å². The normalized spacial score (nSPS) is 13.2. The third kappa shape index (κ3) is 7.86. The van der Waals surface area contributed by atoms with E-state index in [2.05, 4.69) is 269 Å². The zero-order chi connectivity index (χ0) is 49.7. The minimum absolute atomic E-state index is 0.0104. The molecule has 72 heavy (non-hydrogen) atoms. The standard InChI is InChI=1S/C66H61N5O/c1-64(2,3)45-32-33-67-63(39-45)71-59-31-28-44(43-18-16-20-49(34-43)70-57-24-12-10-22-53(57)54-23-11-13-25-58(54)70)35-56(59)55-30-29-52(41-62(55)71)72-51-21-17-19-48(40-51)68-42-69(61-27-15-14-26-60(61)68)50-37-46(65(4,5)6)36-47(38-50)66(7,8)9/h10-41H,42H2,1-9H3. The highest BCUT2D eigenvalue weighted by Gasteiger charge is 2.31. The van der Waals surface area contributed by atoms with Crippen LogP contribution in [0.1, 0.15) is 79.0 Å². The summed E-state index contributed by atoms with van der Waals surface area (Å²) in [4.78, 5) is 9.88. The van der Waals surface area contributed by atoms with E-state index in [1.54, 1.807) is 0 Å². The molecule has 0 unspecified atom stereocenters. The minimum Gasteiger partial charge on any atom is -0.457 e. The first-order valence-electron chi connectivity index (χ1n) is 25.3. The lowest BCUT2D eigenvalue weighted by Crippen LogP contribution is -2.25. The molecule has 0 spiro atoms. The van der Waals surface area contributed by atoms with Crippen LogP contribution < -0.4 is 14.5 Å². The van der Waals surface area contributed by atoms with E-state index < -0.39 is 0 Å². The maximum Gasteiger partial charge on any atom is 0.137 e. The van der Waals surface area contributed by atoms with Gasteiger partial charge in [0.1, 0.15) is 24.0 Å². The van der Waals surface area contributed by atoms with E-state index >= 15 is 0 Å². The summed E-state index contributed by atoms with van der Waals surface area (Å²) in [7, 11) is 0. The van der Waals surface area contributed by atoms with E-state index in [-0.39, 0.29) is 16.2 Å². The zero-order valence-electron chi connectivity index (χ0n) is 42.8. The maximum atomic E-state index is 6.88. The number of nitrogens with zero attached hydrogens (tertiary/aromatic N) is 5. The summed E-state index contributed by atoms with van der Waals surface area (Å²) < 4.78 is 11.6. The summed E-state index contributed by atoms with van der Waals surface area (Å²) in [6.45, 7) is 21.3. The average molecular weight is 940 g/mol. The van der Waals surface area contributed by atoms with E-state index in [9.17, 15) is 0 Å². The molecule has 356 valence electrons. The van der Waals surface area contributed by atoms with Crippen LogP contribution in [0, 0.1) is 0 Å². The molecule has 6 nitrogen and oxygen atoms in total. The second-order valence-electron chi connectivity index (χ2n) is 22.7. The molecule has 1 aliphatic heterocycles. The van der Waals surface area contributed by atoms with Crippen LogP contribution >= 0.6 is 0 Å². The lowest BCUT2D eigenvalue weighted by atomic mass is 9.80. The second-order valence-corrected chi connectivity index (χ2v) is 22.7. The summed E-state index contributed by atoms with van der Waals surface area (Å²) in [5.74, 6) is 2.41. The van der Waals surface area contributed by atoms with E-state index in [0.29, 0.717) is 6.67 Å². The Labute approximate surface area is 423 Å². The zero-order valence-corrected chi connectivity index (χ0v) is 42.8. The van der Waals surface area contributed by atoms with Crippen molar-refractivity contribution >= 4 is 66.4 Å². The number of hydrogen-bond acceptors (Lipinski definition) is 4. The van der Waals surface area contributed by atoms with Gasteiger partial charge in [-0.05, 0) is 141 Å². The lowest BCUT2D eigenvalue weighted by molar-refractivity contribution is 0.483. The van der Waals surface area contributed by atoms with E-state index in [0.717, 1.165) is 61.6 Å². The van der Waals surface area contributed by atoms with E-state index in [1.165, 1.54) is 55.6 Å². The Bertz CT molecular complexity index is 3820. The molecule has 6 heteroatoms. The van der Waals surface area contributed by atoms with Crippen molar-refractivity contribution in [1.82, 2.24) is 14.1 Å². The Morgan fingerprint density at radius 1 is 0.375 bits per heavy atom. The molecule has 0 bridgehead atoms. The Morgan fingerprint density at radius 2 is 0.944 bits per heavy atom. The molecule has 11 aromatic rings. The van der Waals surface area contributed by atoms with Gasteiger partial charge >= 0.3 is 0 Å². The topological polar surface area (TPSA) is 38.5 Å². The van der Waals surface area contributed by atoms with Crippen LogP contribution in [0.3, 0.4) is 0 Å². The molecular weight excluding hydrogens is 879 g/mol. The fraction of sp³-hybridized carbons (Fsp3) is 0.197. The van der Waals surface area contributed by atoms with E-state index in [1.807, 2.05) is 6.20 Å². The molecule has 0 amide bonds. The van der Waals surface area contributed by atoms with Crippen LogP contribution in [-0.2, 0) is 16.2 Å². The summed E-state index contributed by atoms with van der Waals surface area (Å²) in [5, 5.41) is 4.80. The molecule has 12 rings (SSSR count). The van der Waals surface area contributed by atoms with Gasteiger partial charge in [-0.15, -0.1) is 0 Å². The minimum atomic E-state index is -0.0526. The van der Waals surface area contributed by atoms with Crippen LogP contribution in [0.5, 0.6) is 11.5 Å². The third-order valence-corrected chi connectivity index (χ3v) is 14.7. The molecule has 1 aliphatic rings. The van der Waals surface area contributed by atoms with Gasteiger partial charge in [-0.25, -0.2) is 4.98 Å². The van der Waals surface area contributed by atoms with Crippen molar-refractivity contribution in [1.29, 1.82) is 0 Å². The third-order valence-electron chi connectivity index (χ3n) is 14.7. The van der Waals surface area contributed by atoms with Crippen molar-refractivity contribution in [3.05, 3.63) is 211 Å². The number of hydrogen-bond donors (Lipinski definition) is 0. The number of ether oxygens (including phenoxy) is 1. The Kier molecular flexibility index (Phi) is 10.5. The predicted molar refractivity (Wildman–Crippen MR) is 303 cm³/mol. The molecule has 0 atom stereocenters. The summed E-state index contributed by atoms with van der Waals surface area (Å²) in [6.07, 6.45) is 1.94. The molecule has 0 fully saturated rings. The van der Waals surface area contributed by atoms with Crippen LogP contribution in [0.25, 0.3) is 66.2 Å². The fourth-order valence-electron chi connectivity index (χ4n) is 10.7. The van der Waals surface area contributed by atoms with Crippen molar-refractivity contribution < 1.29 is 4.74 Å². The molecule has 8 aromatic carbocycles. The van der Waals surface area contributed by atoms with Crippen LogP contribution in [0.2, 0.25) is 0 Å². The van der Waals surface area contributed by atoms with Crippen LogP contribution in [-0.4, -0.2) is 20.8 Å². The van der Waals surface area contributed by atoms with Crippen LogP contribution in [0.15, 0.2) is 194 Å². The van der Waals surface area contributed by atoms with E-state index in [4.69, 9.17) is 9.72 Å². The quantitative estimate of drug-likeness (QED) is 0.160. The van der Waals surface area contributed by atoms with Gasteiger partial charge in [-0.2, -0.15) is 0 Å². The van der Waals surface area contributed by atoms with Gasteiger partial charge in [0.25, 0.3) is 0 Å². The van der Waals surface area contributed by atoms with Crippen molar-refractivity contribution in [3.63, 3.8) is 0 Å². The first-order valence-corrected chi connectivity index (χ1v) is 25.3. The predicted octanol–water partition coefficient (Wildman–Crippen LogP) is 17.9. The number of benzene rings is 8. The molecule has 3 aromatic heterocycles. The fourth-order valence-corrected chi connectivity index (χ4v) is 10.7. The lowest BCUT2D eigenvalue weighted by Gasteiger charge is -2.29. The highest BCUT2D eigenvalue weighted by Crippen LogP contribution is 2.47. The Balaban J connectivity index is 0.924. The highest BCUT2D eigenvalue weighted by atomic mass is 16.5. The number of anilines is 4. The van der Waals surface area contributed by atoms with Gasteiger partial charge in [0.05, 0.1) is 33.4 Å². The molecular formula is C66H61N5O. The Morgan fingerprint density at radius 3 is 1.62 bits per heavy atom. The smallest absolute Gasteiger partial charge is 0.137 e. The van der Waals surface area contributed by atoms with Crippen molar-refractivity contribution in [2.75, 3.05) is 16.5 Å². The molecule has 4 heterocycles. The van der Waals surface area contributed by atoms with Gasteiger partial charge < -0.3 is 19.1 Å². The number of fused-ring (bicyclic) bond motifs is 7. The van der Waals surface area contributed by atoms with Crippen LogP contribution in [0.4, 0.5) is 22.7 Å². The van der Waals surface area contributed by atoms with Crippen molar-refractivity contribution in [2.24, 2.45) is 0 Å². The molecule has 0 saturated carbocycles. The maximum absolute atomic E-state index is 6.88. The largest absolute Gasteiger partial charge is 0.457 e. The van der Waals surface area contributed by atoms with Crippen molar-refractivity contribution in [2.45, 2.75) is 78.6 Å². The monoisotopic (exact) mass is 939 g/mol. The van der Waals surface area contributed by atoms with Gasteiger partial charge in [-0.3, -0.25) is 4.57 Å². The molecule has 0 saturated heterocycles. The SMILES string of the molecule is CC(C)(C)c1cc(N2CN(c3cccc(Oc4ccc5c6cc(-c7cccc(-n8c9ccccc9c9ccccc98)c7)ccc6n(-c6cc(C(C)(C)C)ccn6)c5c4)c3)c3ccccc32)cc(C(C)(C)C)c1. The van der Waals surface area contributed by atoms with Gasteiger partial charge in [0.2, 0.25) is 0 Å². The second kappa shape index (κ2) is 16.8.